The minimum atomic E-state index is -1.73. The van der Waals surface area contributed by atoms with E-state index in [-0.39, 0.29) is 5.04 Å². The van der Waals surface area contributed by atoms with Crippen LogP contribution in [0.4, 0.5) is 11.4 Å². The molecule has 25 heavy (non-hydrogen) atoms. The maximum atomic E-state index is 2.63. The fraction of sp³-hybridized carbons (Fsp3) is 0.455. The van der Waals surface area contributed by atoms with Gasteiger partial charge in [0.1, 0.15) is 0 Å². The average Bonchev–Trinajstić information content (AvgIpc) is 2.56. The summed E-state index contributed by atoms with van der Waals surface area (Å²) in [6.45, 7) is 12.1. The number of anilines is 2. The SMILES string of the molecule is CC(C)(C)[Si](C)(C)N(c1ccccc1)c1ccc(CCCCI)cc1. The third-order valence-corrected chi connectivity index (χ3v) is 11.5. The Morgan fingerprint density at radius 3 is 1.92 bits per heavy atom. The second-order valence-electron chi connectivity index (χ2n) is 8.29. The third-order valence-electron chi connectivity index (χ3n) is 5.45. The van der Waals surface area contributed by atoms with E-state index in [0.29, 0.717) is 0 Å². The first-order chi connectivity index (χ1) is 11.8. The summed E-state index contributed by atoms with van der Waals surface area (Å²) in [5.74, 6) is 0. The Bertz CT molecular complexity index is 644. The number of alkyl halides is 1. The molecule has 0 aliphatic heterocycles. The molecular formula is C22H32INSi. The molecule has 1 nitrogen and oxygen atoms in total. The van der Waals surface area contributed by atoms with Gasteiger partial charge in [0.25, 0.3) is 0 Å². The highest BCUT2D eigenvalue weighted by molar-refractivity contribution is 14.1. The fourth-order valence-electron chi connectivity index (χ4n) is 2.94. The van der Waals surface area contributed by atoms with Crippen LogP contribution in [0.5, 0.6) is 0 Å². The Labute approximate surface area is 169 Å². The second kappa shape index (κ2) is 8.72. The summed E-state index contributed by atoms with van der Waals surface area (Å²) >= 11 is 2.46. The second-order valence-corrected chi connectivity index (χ2v) is 14.4. The van der Waals surface area contributed by atoms with E-state index < -0.39 is 8.24 Å². The highest BCUT2D eigenvalue weighted by atomic mass is 127. The Morgan fingerprint density at radius 1 is 0.840 bits per heavy atom. The predicted octanol–water partition coefficient (Wildman–Crippen LogP) is 7.59. The zero-order valence-electron chi connectivity index (χ0n) is 16.3. The van der Waals surface area contributed by atoms with Crippen LogP contribution in [0, 0.1) is 0 Å². The van der Waals surface area contributed by atoms with Crippen molar-refractivity contribution >= 4 is 42.2 Å². The molecule has 0 aliphatic carbocycles. The summed E-state index contributed by atoms with van der Waals surface area (Å²) in [5.41, 5.74) is 4.10. The number of hydrogen-bond donors (Lipinski definition) is 0. The summed E-state index contributed by atoms with van der Waals surface area (Å²) in [6, 6.07) is 20.2. The van der Waals surface area contributed by atoms with Crippen LogP contribution in [0.25, 0.3) is 0 Å². The number of para-hydroxylation sites is 1. The topological polar surface area (TPSA) is 3.24 Å². The van der Waals surface area contributed by atoms with Crippen molar-refractivity contribution in [2.75, 3.05) is 8.99 Å². The van der Waals surface area contributed by atoms with Gasteiger partial charge < -0.3 is 4.57 Å². The molecule has 0 atom stereocenters. The first kappa shape index (κ1) is 20.5. The summed E-state index contributed by atoms with van der Waals surface area (Å²) in [6.07, 6.45) is 3.78. The molecule has 0 aliphatic rings. The van der Waals surface area contributed by atoms with Gasteiger partial charge in [-0.25, -0.2) is 0 Å². The van der Waals surface area contributed by atoms with Crippen molar-refractivity contribution in [2.24, 2.45) is 0 Å². The molecule has 2 aromatic rings. The van der Waals surface area contributed by atoms with E-state index in [2.05, 4.69) is 116 Å². The molecule has 0 saturated carbocycles. The van der Waals surface area contributed by atoms with Crippen LogP contribution in [0.15, 0.2) is 54.6 Å². The van der Waals surface area contributed by atoms with E-state index in [1.54, 1.807) is 0 Å². The summed E-state index contributed by atoms with van der Waals surface area (Å²) < 4.78 is 3.88. The Morgan fingerprint density at radius 2 is 1.40 bits per heavy atom. The molecule has 0 fully saturated rings. The van der Waals surface area contributed by atoms with Crippen LogP contribution < -0.4 is 4.57 Å². The Balaban J connectivity index is 2.36. The largest absolute Gasteiger partial charge is 0.369 e. The third kappa shape index (κ3) is 5.10. The summed E-state index contributed by atoms with van der Waals surface area (Å²) in [5, 5.41) is 0.280. The van der Waals surface area contributed by atoms with Crippen LogP contribution in [0.2, 0.25) is 18.1 Å². The Hall–Kier alpha value is -0.813. The van der Waals surface area contributed by atoms with Gasteiger partial charge in [-0.2, -0.15) is 0 Å². The van der Waals surface area contributed by atoms with Crippen LogP contribution in [0.3, 0.4) is 0 Å². The maximum Gasteiger partial charge on any atom is 0.161 e. The van der Waals surface area contributed by atoms with Gasteiger partial charge >= 0.3 is 0 Å². The quantitative estimate of drug-likeness (QED) is 0.176. The number of hydrogen-bond acceptors (Lipinski definition) is 1. The summed E-state index contributed by atoms with van der Waals surface area (Å²) in [7, 11) is -1.73. The van der Waals surface area contributed by atoms with Gasteiger partial charge in [0, 0.05) is 11.4 Å². The molecule has 0 saturated heterocycles. The predicted molar refractivity (Wildman–Crippen MR) is 124 cm³/mol. The van der Waals surface area contributed by atoms with Crippen molar-refractivity contribution in [2.45, 2.75) is 58.2 Å². The van der Waals surface area contributed by atoms with E-state index in [9.17, 15) is 0 Å². The maximum absolute atomic E-state index is 2.63. The highest BCUT2D eigenvalue weighted by Crippen LogP contribution is 2.44. The average molecular weight is 465 g/mol. The highest BCUT2D eigenvalue weighted by Gasteiger charge is 2.42. The minimum absolute atomic E-state index is 0.280. The zero-order chi connectivity index (χ0) is 18.5. The molecule has 3 heteroatoms. The number of unbranched alkanes of at least 4 members (excludes halogenated alkanes) is 1. The van der Waals surface area contributed by atoms with Crippen LogP contribution in [-0.4, -0.2) is 12.7 Å². The van der Waals surface area contributed by atoms with Gasteiger partial charge in [-0.3, -0.25) is 0 Å². The molecule has 0 bridgehead atoms. The molecule has 0 spiro atoms. The number of nitrogens with zero attached hydrogens (tertiary/aromatic N) is 1. The van der Waals surface area contributed by atoms with Crippen LogP contribution >= 0.6 is 22.6 Å². The molecule has 2 aromatic carbocycles. The fourth-order valence-corrected chi connectivity index (χ4v) is 5.74. The molecule has 0 N–H and O–H groups in total. The smallest absolute Gasteiger partial charge is 0.161 e. The van der Waals surface area contributed by atoms with Crippen molar-refractivity contribution in [3.05, 3.63) is 60.2 Å². The van der Waals surface area contributed by atoms with Gasteiger partial charge in [0.2, 0.25) is 0 Å². The normalized spacial score (nSPS) is 12.2. The van der Waals surface area contributed by atoms with Crippen molar-refractivity contribution in [1.82, 2.24) is 0 Å². The number of rotatable bonds is 7. The first-order valence-corrected chi connectivity index (χ1v) is 13.7. The van der Waals surface area contributed by atoms with Gasteiger partial charge in [0.05, 0.1) is 0 Å². The lowest BCUT2D eigenvalue weighted by molar-refractivity contribution is 0.715. The lowest BCUT2D eigenvalue weighted by Crippen LogP contribution is -2.52. The number of benzene rings is 2. The standard InChI is InChI=1S/C22H32INSi/c1-22(2,3)25(4,5)24(20-12-7-6-8-13-20)21-16-14-19(15-17-21)11-9-10-18-23/h6-8,12-17H,9-11,18H2,1-5H3. The number of aryl methyl sites for hydroxylation is 1. The first-order valence-electron chi connectivity index (χ1n) is 9.27. The number of halogens is 1. The van der Waals surface area contributed by atoms with Crippen LogP contribution in [-0.2, 0) is 6.42 Å². The molecule has 0 radical (unpaired) electrons. The lowest BCUT2D eigenvalue weighted by Gasteiger charge is -2.47. The van der Waals surface area contributed by atoms with Crippen molar-refractivity contribution in [1.29, 1.82) is 0 Å². The van der Waals surface area contributed by atoms with Crippen LogP contribution in [0.1, 0.15) is 39.2 Å². The molecule has 136 valence electrons. The van der Waals surface area contributed by atoms with E-state index in [0.717, 1.165) is 0 Å². The zero-order valence-corrected chi connectivity index (χ0v) is 19.5. The van der Waals surface area contributed by atoms with E-state index >= 15 is 0 Å². The molecule has 2 rings (SSSR count). The van der Waals surface area contributed by atoms with Gasteiger partial charge in [-0.15, -0.1) is 0 Å². The summed E-state index contributed by atoms with van der Waals surface area (Å²) in [4.78, 5) is 0. The van der Waals surface area contributed by atoms with Gasteiger partial charge in [0.15, 0.2) is 8.24 Å². The van der Waals surface area contributed by atoms with Crippen molar-refractivity contribution < 1.29 is 0 Å². The monoisotopic (exact) mass is 465 g/mol. The van der Waals surface area contributed by atoms with Crippen molar-refractivity contribution in [3.8, 4) is 0 Å². The molecular weight excluding hydrogens is 433 g/mol. The van der Waals surface area contributed by atoms with E-state index in [1.165, 1.54) is 40.6 Å². The van der Waals surface area contributed by atoms with Crippen molar-refractivity contribution in [3.63, 3.8) is 0 Å². The van der Waals surface area contributed by atoms with E-state index in [4.69, 9.17) is 0 Å². The van der Waals surface area contributed by atoms with Gasteiger partial charge in [-0.05, 0) is 58.6 Å². The minimum Gasteiger partial charge on any atom is -0.369 e. The Kier molecular flexibility index (Phi) is 7.15. The molecule has 0 amide bonds. The lowest BCUT2D eigenvalue weighted by atomic mass is 10.1. The molecule has 0 unspecified atom stereocenters. The molecule has 0 heterocycles. The van der Waals surface area contributed by atoms with E-state index in [1.807, 2.05) is 0 Å². The molecule has 0 aromatic heterocycles. The van der Waals surface area contributed by atoms with Gasteiger partial charge in [-0.1, -0.05) is 86.8 Å².